The number of hydrogen-bond donors (Lipinski definition) is 1. The van der Waals surface area contributed by atoms with Gasteiger partial charge in [0.15, 0.2) is 5.00 Å². The molecule has 0 amide bonds. The molecule has 0 unspecified atom stereocenters. The summed E-state index contributed by atoms with van der Waals surface area (Å²) in [5, 5.41) is 22.9. The molecule has 1 aromatic rings. The lowest BCUT2D eigenvalue weighted by atomic mass is 10.2. The Hall–Kier alpha value is -1.14. The molecule has 1 fully saturated rings. The summed E-state index contributed by atoms with van der Waals surface area (Å²) in [5.41, 5.74) is 0.152. The zero-order valence-electron chi connectivity index (χ0n) is 8.83. The molecule has 1 aliphatic rings. The van der Waals surface area contributed by atoms with E-state index in [1.54, 1.807) is 5.38 Å². The van der Waals surface area contributed by atoms with Gasteiger partial charge in [0.25, 0.3) is 0 Å². The second-order valence-corrected chi connectivity index (χ2v) is 4.86. The van der Waals surface area contributed by atoms with Crippen molar-refractivity contribution in [3.05, 3.63) is 21.6 Å². The Morgan fingerprint density at radius 3 is 3.12 bits per heavy atom. The van der Waals surface area contributed by atoms with Crippen molar-refractivity contribution in [2.24, 2.45) is 0 Å². The zero-order valence-corrected chi connectivity index (χ0v) is 9.65. The van der Waals surface area contributed by atoms with E-state index >= 15 is 0 Å². The predicted octanol–water partition coefficient (Wildman–Crippen LogP) is 2.01. The summed E-state index contributed by atoms with van der Waals surface area (Å²) in [4.78, 5) is 12.4. The van der Waals surface area contributed by atoms with E-state index in [0.29, 0.717) is 11.5 Å². The lowest BCUT2D eigenvalue weighted by molar-refractivity contribution is -0.383. The molecule has 2 rings (SSSR count). The second kappa shape index (κ2) is 4.80. The van der Waals surface area contributed by atoms with Crippen molar-refractivity contribution in [1.82, 2.24) is 0 Å². The van der Waals surface area contributed by atoms with Crippen LogP contribution in [-0.2, 0) is 0 Å². The molecule has 88 valence electrons. The minimum atomic E-state index is -0.371. The van der Waals surface area contributed by atoms with Crippen LogP contribution in [0.5, 0.6) is 0 Å². The molecule has 1 N–H and O–H groups in total. The number of β-amino-alcohol motifs (C(OH)–C–C–N with tert-alkyl or cyclic N) is 1. The lowest BCUT2D eigenvalue weighted by Gasteiger charge is -2.21. The molecular formula is C10H14N2O3S. The average molecular weight is 242 g/mol. The number of nitro groups is 1. The van der Waals surface area contributed by atoms with Crippen LogP contribution in [0.1, 0.15) is 19.3 Å². The Labute approximate surface area is 97.5 Å². The van der Waals surface area contributed by atoms with Crippen LogP contribution >= 0.6 is 11.3 Å². The first kappa shape index (κ1) is 11.3. The number of aliphatic hydroxyl groups excluding tert-OH is 1. The van der Waals surface area contributed by atoms with Crippen molar-refractivity contribution in [2.75, 3.05) is 18.0 Å². The fourth-order valence-corrected chi connectivity index (χ4v) is 2.88. The maximum atomic E-state index is 10.8. The van der Waals surface area contributed by atoms with E-state index in [0.717, 1.165) is 25.8 Å². The Morgan fingerprint density at radius 2 is 2.38 bits per heavy atom. The highest BCUT2D eigenvalue weighted by atomic mass is 32.1. The van der Waals surface area contributed by atoms with Crippen LogP contribution in [-0.4, -0.2) is 29.2 Å². The summed E-state index contributed by atoms with van der Waals surface area (Å²) in [7, 11) is 0. The van der Waals surface area contributed by atoms with Crippen molar-refractivity contribution < 1.29 is 10.0 Å². The van der Waals surface area contributed by atoms with Gasteiger partial charge in [0.1, 0.15) is 0 Å². The molecule has 0 aromatic carbocycles. The largest absolute Gasteiger partial charge is 0.391 e. The van der Waals surface area contributed by atoms with Crippen LogP contribution in [0, 0.1) is 10.1 Å². The molecule has 5 nitrogen and oxygen atoms in total. The number of aliphatic hydroxyl groups is 1. The van der Waals surface area contributed by atoms with Gasteiger partial charge in [-0.2, -0.15) is 0 Å². The van der Waals surface area contributed by atoms with Gasteiger partial charge in [-0.3, -0.25) is 10.1 Å². The summed E-state index contributed by atoms with van der Waals surface area (Å²) in [6.07, 6.45) is 2.38. The first-order valence-electron chi connectivity index (χ1n) is 5.33. The molecule has 0 radical (unpaired) electrons. The molecule has 16 heavy (non-hydrogen) atoms. The molecule has 0 spiro atoms. The van der Waals surface area contributed by atoms with E-state index in [2.05, 4.69) is 0 Å². The molecule has 1 aliphatic heterocycles. The zero-order chi connectivity index (χ0) is 11.5. The smallest absolute Gasteiger partial charge is 0.303 e. The SMILES string of the molecule is O=[N+]([O-])c1ccsc1N1CCCC[C@H](O)C1. The van der Waals surface area contributed by atoms with Crippen LogP contribution in [0.3, 0.4) is 0 Å². The van der Waals surface area contributed by atoms with Crippen molar-refractivity contribution in [3.63, 3.8) is 0 Å². The normalized spacial score (nSPS) is 21.8. The Morgan fingerprint density at radius 1 is 1.56 bits per heavy atom. The standard InChI is InChI=1S/C10H14N2O3S/c13-8-3-1-2-5-11(7-8)10-9(12(14)15)4-6-16-10/h4,6,8,13H,1-3,5,7H2/t8-/m0/s1. The van der Waals surface area contributed by atoms with Gasteiger partial charge in [-0.15, -0.1) is 11.3 Å². The monoisotopic (exact) mass is 242 g/mol. The van der Waals surface area contributed by atoms with Gasteiger partial charge in [0.2, 0.25) is 0 Å². The first-order valence-corrected chi connectivity index (χ1v) is 6.21. The number of anilines is 1. The van der Waals surface area contributed by atoms with E-state index < -0.39 is 0 Å². The van der Waals surface area contributed by atoms with Gasteiger partial charge in [0, 0.05) is 19.2 Å². The van der Waals surface area contributed by atoms with Crippen molar-refractivity contribution in [1.29, 1.82) is 0 Å². The minimum Gasteiger partial charge on any atom is -0.391 e. The first-order chi connectivity index (χ1) is 7.68. The quantitative estimate of drug-likeness (QED) is 0.636. The number of rotatable bonds is 2. The predicted molar refractivity (Wildman–Crippen MR) is 63.0 cm³/mol. The summed E-state index contributed by atoms with van der Waals surface area (Å²) in [5.74, 6) is 0. The van der Waals surface area contributed by atoms with Crippen molar-refractivity contribution >= 4 is 22.0 Å². The molecule has 6 heteroatoms. The van der Waals surface area contributed by atoms with E-state index in [4.69, 9.17) is 0 Å². The van der Waals surface area contributed by atoms with Gasteiger partial charge < -0.3 is 10.0 Å². The van der Waals surface area contributed by atoms with Crippen LogP contribution in [0.4, 0.5) is 10.7 Å². The summed E-state index contributed by atoms with van der Waals surface area (Å²) >= 11 is 1.37. The van der Waals surface area contributed by atoms with Crippen LogP contribution in [0.15, 0.2) is 11.4 Å². The summed E-state index contributed by atoms with van der Waals surface area (Å²) in [6.45, 7) is 1.29. The highest BCUT2D eigenvalue weighted by molar-refractivity contribution is 7.14. The number of hydrogen-bond acceptors (Lipinski definition) is 5. The van der Waals surface area contributed by atoms with Gasteiger partial charge in [-0.25, -0.2) is 0 Å². The molecule has 1 atom stereocenters. The maximum Gasteiger partial charge on any atom is 0.303 e. The van der Waals surface area contributed by atoms with Gasteiger partial charge in [-0.1, -0.05) is 0 Å². The van der Waals surface area contributed by atoms with E-state index in [1.807, 2.05) is 4.90 Å². The number of thiophene rings is 1. The molecule has 0 bridgehead atoms. The van der Waals surface area contributed by atoms with Crippen LogP contribution < -0.4 is 4.90 Å². The van der Waals surface area contributed by atoms with Gasteiger partial charge in [-0.05, 0) is 24.6 Å². The van der Waals surface area contributed by atoms with Crippen molar-refractivity contribution in [2.45, 2.75) is 25.4 Å². The van der Waals surface area contributed by atoms with E-state index in [-0.39, 0.29) is 16.7 Å². The highest BCUT2D eigenvalue weighted by Gasteiger charge is 2.24. The van der Waals surface area contributed by atoms with Gasteiger partial charge >= 0.3 is 5.69 Å². The van der Waals surface area contributed by atoms with Crippen LogP contribution in [0.25, 0.3) is 0 Å². The molecular weight excluding hydrogens is 228 g/mol. The topological polar surface area (TPSA) is 66.6 Å². The summed E-state index contributed by atoms with van der Waals surface area (Å²) < 4.78 is 0. The molecule has 1 aromatic heterocycles. The third-order valence-electron chi connectivity index (χ3n) is 2.76. The fraction of sp³-hybridized carbons (Fsp3) is 0.600. The molecule has 0 aliphatic carbocycles. The molecule has 0 saturated carbocycles. The summed E-state index contributed by atoms with van der Waals surface area (Å²) in [6, 6.07) is 1.53. The molecule has 1 saturated heterocycles. The minimum absolute atomic E-state index is 0.152. The Kier molecular flexibility index (Phi) is 3.40. The highest BCUT2D eigenvalue weighted by Crippen LogP contribution is 2.35. The maximum absolute atomic E-state index is 10.8. The third-order valence-corrected chi connectivity index (χ3v) is 3.72. The fourth-order valence-electron chi connectivity index (χ4n) is 1.97. The lowest BCUT2D eigenvalue weighted by Crippen LogP contribution is -2.30. The number of nitrogens with zero attached hydrogens (tertiary/aromatic N) is 2. The Balaban J connectivity index is 2.21. The third kappa shape index (κ3) is 2.33. The molecule has 2 heterocycles. The van der Waals surface area contributed by atoms with Crippen molar-refractivity contribution in [3.8, 4) is 0 Å². The van der Waals surface area contributed by atoms with Gasteiger partial charge in [0.05, 0.1) is 11.0 Å². The van der Waals surface area contributed by atoms with E-state index in [1.165, 1.54) is 17.4 Å². The van der Waals surface area contributed by atoms with Crippen LogP contribution in [0.2, 0.25) is 0 Å². The average Bonchev–Trinajstić information content (AvgIpc) is 2.62. The second-order valence-electron chi connectivity index (χ2n) is 3.96. The van der Waals surface area contributed by atoms with E-state index in [9.17, 15) is 15.2 Å². The Bertz CT molecular complexity index is 380.